The van der Waals surface area contributed by atoms with Gasteiger partial charge in [-0.2, -0.15) is 4.39 Å². The predicted octanol–water partition coefficient (Wildman–Crippen LogP) is 5.78. The fourth-order valence-electron chi connectivity index (χ4n) is 7.42. The summed E-state index contributed by atoms with van der Waals surface area (Å²) in [6.45, 7) is 11.5. The highest BCUT2D eigenvalue weighted by Gasteiger charge is 2.44. The number of ether oxygens (including phenoxy) is 2. The number of carbonyl (C=O) groups is 4. The number of morpholine rings is 1. The van der Waals surface area contributed by atoms with Crippen LogP contribution >= 0.6 is 22.7 Å². The molecule has 2 saturated heterocycles. The summed E-state index contributed by atoms with van der Waals surface area (Å²) in [5.41, 5.74) is 4.60. The van der Waals surface area contributed by atoms with Gasteiger partial charge in [-0.1, -0.05) is 51.5 Å². The van der Waals surface area contributed by atoms with E-state index in [1.165, 1.54) is 22.3 Å². The summed E-state index contributed by atoms with van der Waals surface area (Å²) in [4.78, 5) is 66.9. The van der Waals surface area contributed by atoms with Crippen molar-refractivity contribution in [3.05, 3.63) is 70.2 Å². The number of benzene rings is 2. The van der Waals surface area contributed by atoms with E-state index in [9.17, 15) is 33.1 Å². The molecule has 18 heteroatoms. The molecule has 4 atom stereocenters. The Morgan fingerprint density at radius 1 is 1.00 bits per heavy atom. The van der Waals surface area contributed by atoms with Crippen LogP contribution in [0.3, 0.4) is 0 Å². The Bertz CT molecular complexity index is 2190. The number of aliphatic hydroxyl groups is 1. The highest BCUT2D eigenvalue weighted by Crippen LogP contribution is 2.37. The monoisotopic (exact) mass is 895 g/mol. The molecule has 0 radical (unpaired) electrons. The van der Waals surface area contributed by atoms with Crippen LogP contribution in [0.1, 0.15) is 77.1 Å². The molecule has 2 aliphatic heterocycles. The minimum Gasteiger partial charge on any atom is -0.480 e. The second kappa shape index (κ2) is 20.9. The van der Waals surface area contributed by atoms with E-state index in [0.29, 0.717) is 51.3 Å². The zero-order chi connectivity index (χ0) is 44.6. The summed E-state index contributed by atoms with van der Waals surface area (Å²) in [6.07, 6.45) is 0.874. The molecule has 4 aromatic rings. The maximum absolute atomic E-state index is 14.9. The number of carbonyl (C=O) groups excluding carboxylic acids is 4. The van der Waals surface area contributed by atoms with Gasteiger partial charge in [0.15, 0.2) is 23.3 Å². The van der Waals surface area contributed by atoms with Gasteiger partial charge in [0.05, 0.1) is 47.1 Å². The Kier molecular flexibility index (Phi) is 15.7. The van der Waals surface area contributed by atoms with Crippen molar-refractivity contribution in [2.75, 3.05) is 50.9 Å². The maximum atomic E-state index is 14.9. The van der Waals surface area contributed by atoms with Gasteiger partial charge in [-0.05, 0) is 55.4 Å². The molecule has 6 rings (SSSR count). The van der Waals surface area contributed by atoms with E-state index in [1.54, 1.807) is 22.2 Å². The molecular formula is C44H55F2N7O7S2. The first-order valence-electron chi connectivity index (χ1n) is 20.9. The largest absolute Gasteiger partial charge is 0.480 e. The van der Waals surface area contributed by atoms with Crippen LogP contribution in [0.25, 0.3) is 21.7 Å². The number of nitrogens with zero attached hydrogens (tertiary/aromatic N) is 4. The van der Waals surface area contributed by atoms with Crippen LogP contribution in [-0.2, 0) is 23.9 Å². The lowest BCUT2D eigenvalue weighted by Gasteiger charge is -2.35. The predicted molar refractivity (Wildman–Crippen MR) is 234 cm³/mol. The second-order valence-corrected chi connectivity index (χ2v) is 18.4. The third kappa shape index (κ3) is 11.7. The molecule has 0 spiro atoms. The van der Waals surface area contributed by atoms with Crippen LogP contribution in [0.15, 0.2) is 47.3 Å². The lowest BCUT2D eigenvalue weighted by molar-refractivity contribution is -0.144. The van der Waals surface area contributed by atoms with E-state index < -0.39 is 59.4 Å². The molecule has 0 saturated carbocycles. The topological polar surface area (TPSA) is 175 Å². The number of thiazole rings is 2. The van der Waals surface area contributed by atoms with Gasteiger partial charge >= 0.3 is 0 Å². The number of aryl methyl sites for hydroxylation is 1. The van der Waals surface area contributed by atoms with Crippen molar-refractivity contribution in [2.45, 2.75) is 91.0 Å². The van der Waals surface area contributed by atoms with E-state index in [0.717, 1.165) is 32.9 Å². The molecule has 0 bridgehead atoms. The van der Waals surface area contributed by atoms with Crippen molar-refractivity contribution in [3.63, 3.8) is 0 Å². The highest BCUT2D eigenvalue weighted by molar-refractivity contribution is 7.14. The van der Waals surface area contributed by atoms with Gasteiger partial charge < -0.3 is 40.3 Å². The van der Waals surface area contributed by atoms with Crippen LogP contribution in [0.5, 0.6) is 5.75 Å². The number of β-amino-alcohol motifs (C(OH)–C–C–N with tert-alkyl or cyclic N) is 1. The van der Waals surface area contributed by atoms with Crippen LogP contribution in [-0.4, -0.2) is 108 Å². The van der Waals surface area contributed by atoms with E-state index in [2.05, 4.69) is 30.8 Å². The maximum Gasteiger partial charge on any atom is 0.257 e. The first kappa shape index (κ1) is 46.5. The molecule has 4 heterocycles. The average Bonchev–Trinajstić information content (AvgIpc) is 4.01. The fourth-order valence-corrected chi connectivity index (χ4v) is 9.11. The van der Waals surface area contributed by atoms with Crippen molar-refractivity contribution >= 4 is 51.4 Å². The van der Waals surface area contributed by atoms with Crippen molar-refractivity contribution in [1.82, 2.24) is 30.8 Å². The molecule has 2 aromatic heterocycles. The quantitative estimate of drug-likeness (QED) is 0.0952. The molecular weight excluding hydrogens is 841 g/mol. The van der Waals surface area contributed by atoms with Gasteiger partial charge in [0.25, 0.3) is 5.91 Å². The highest BCUT2D eigenvalue weighted by atomic mass is 32.1. The van der Waals surface area contributed by atoms with Gasteiger partial charge in [-0.25, -0.2) is 14.4 Å². The molecule has 2 aromatic carbocycles. The standard InChI is InChI=1S/C44H55F2N7O7S2/c1-26(28-10-12-29(13-11-28)39-27(2)48-25-62-39)49-41(57)34-21-30(54)22-53(34)42(58)40(44(3,4)5)51-35(55)9-7-6-8-16-47-36(56)23-60-38-31(14-15-32(45)37(38)46)33-24-61-43(50-33)52-17-19-59-20-18-52/h10-15,24-26,30,34,40,54H,6-9,16-23H2,1-5H3,(H,47,56)(H,49,57)(H,51,55)/t26-,30+,34-,40?/m0/s1. The Hall–Kier alpha value is -5.04. The zero-order valence-electron chi connectivity index (χ0n) is 35.7. The number of likely N-dealkylation sites (tertiary alicyclic amines) is 1. The summed E-state index contributed by atoms with van der Waals surface area (Å²) in [5.74, 6) is -4.41. The van der Waals surface area contributed by atoms with Gasteiger partial charge in [0, 0.05) is 50.0 Å². The van der Waals surface area contributed by atoms with Crippen molar-refractivity contribution in [1.29, 1.82) is 0 Å². The third-order valence-electron chi connectivity index (χ3n) is 10.9. The molecule has 334 valence electrons. The number of anilines is 1. The number of unbranched alkanes of at least 4 members (excludes halogenated alkanes) is 2. The lowest BCUT2D eigenvalue weighted by Crippen LogP contribution is -2.57. The summed E-state index contributed by atoms with van der Waals surface area (Å²) in [5, 5.41) is 21.7. The Labute approximate surface area is 368 Å². The molecule has 2 fully saturated rings. The summed E-state index contributed by atoms with van der Waals surface area (Å²) in [7, 11) is 0. The SMILES string of the molecule is Cc1ncsc1-c1ccc([C@H](C)NC(=O)[C@@H]2C[C@@H](O)CN2C(=O)C(NC(=O)CCCCCNC(=O)COc2c(-c3csc(N4CCOCC4)n3)ccc(F)c2F)C(C)(C)C)cc1. The minimum absolute atomic E-state index is 0.0340. The summed E-state index contributed by atoms with van der Waals surface area (Å²) in [6, 6.07) is 8.01. The summed E-state index contributed by atoms with van der Waals surface area (Å²) >= 11 is 2.93. The molecule has 4 N–H and O–H groups in total. The Balaban J connectivity index is 0.940. The van der Waals surface area contributed by atoms with Crippen LogP contribution < -0.4 is 25.6 Å². The smallest absolute Gasteiger partial charge is 0.257 e. The van der Waals surface area contributed by atoms with Crippen LogP contribution in [0, 0.1) is 24.0 Å². The first-order chi connectivity index (χ1) is 29.6. The number of halogens is 2. The van der Waals surface area contributed by atoms with E-state index in [4.69, 9.17) is 9.47 Å². The molecule has 2 aliphatic rings. The summed E-state index contributed by atoms with van der Waals surface area (Å²) < 4.78 is 40.1. The first-order valence-corrected chi connectivity index (χ1v) is 22.6. The molecule has 62 heavy (non-hydrogen) atoms. The number of amides is 4. The number of aromatic nitrogens is 2. The van der Waals surface area contributed by atoms with Crippen LogP contribution in [0.4, 0.5) is 13.9 Å². The van der Waals surface area contributed by atoms with E-state index in [1.807, 2.05) is 58.9 Å². The zero-order valence-corrected chi connectivity index (χ0v) is 37.3. The van der Waals surface area contributed by atoms with Crippen molar-refractivity contribution < 1.29 is 42.5 Å². The number of hydrogen-bond acceptors (Lipinski definition) is 12. The Morgan fingerprint density at radius 2 is 1.74 bits per heavy atom. The molecule has 0 aliphatic carbocycles. The van der Waals surface area contributed by atoms with Crippen LogP contribution in [0.2, 0.25) is 0 Å². The molecule has 4 amide bonds. The molecule has 1 unspecified atom stereocenters. The fraction of sp³-hybridized carbons (Fsp3) is 0.500. The number of aliphatic hydroxyl groups excluding tert-OH is 1. The van der Waals surface area contributed by atoms with Crippen molar-refractivity contribution in [3.8, 4) is 27.4 Å². The van der Waals surface area contributed by atoms with Gasteiger partial charge in [-0.15, -0.1) is 22.7 Å². The number of nitrogens with one attached hydrogen (secondary N) is 3. The van der Waals surface area contributed by atoms with Crippen molar-refractivity contribution in [2.24, 2.45) is 5.41 Å². The Morgan fingerprint density at radius 3 is 2.44 bits per heavy atom. The van der Waals surface area contributed by atoms with Gasteiger partial charge in [0.1, 0.15) is 12.1 Å². The number of rotatable bonds is 17. The lowest BCUT2D eigenvalue weighted by atomic mass is 9.85. The molecule has 14 nitrogen and oxygen atoms in total. The normalized spacial score (nSPS) is 17.7. The van der Waals surface area contributed by atoms with Gasteiger partial charge in [0.2, 0.25) is 23.5 Å². The van der Waals surface area contributed by atoms with Gasteiger partial charge in [-0.3, -0.25) is 19.2 Å². The average molecular weight is 896 g/mol. The van der Waals surface area contributed by atoms with E-state index in [-0.39, 0.29) is 49.4 Å². The number of hydrogen-bond donors (Lipinski definition) is 4. The minimum atomic E-state index is -1.21. The van der Waals surface area contributed by atoms with E-state index >= 15 is 0 Å². The third-order valence-corrected chi connectivity index (χ3v) is 12.8. The second-order valence-electron chi connectivity index (χ2n) is 16.7.